The Morgan fingerprint density at radius 3 is 2.34 bits per heavy atom. The Bertz CT molecular complexity index is 1340. The van der Waals surface area contributed by atoms with E-state index in [0.717, 1.165) is 29.2 Å². The highest BCUT2D eigenvalue weighted by molar-refractivity contribution is 5.95. The zero-order valence-corrected chi connectivity index (χ0v) is 21.2. The maximum atomic E-state index is 13.9. The smallest absolute Gasteiger partial charge is 0.253 e. The van der Waals surface area contributed by atoms with Gasteiger partial charge in [0.2, 0.25) is 0 Å². The molecular formula is C31H31F2N3O2. The first-order valence-electron chi connectivity index (χ1n) is 12.6. The number of amides is 1. The number of aryl methyl sites for hydroxylation is 1. The molecule has 196 valence electrons. The molecule has 0 spiro atoms. The second-order valence-corrected chi connectivity index (χ2v) is 9.26. The molecule has 0 radical (unpaired) electrons. The molecule has 7 heteroatoms. The molecule has 4 aromatic rings. The van der Waals surface area contributed by atoms with Gasteiger partial charge in [0.15, 0.2) is 0 Å². The van der Waals surface area contributed by atoms with Crippen molar-refractivity contribution in [3.8, 4) is 11.1 Å². The van der Waals surface area contributed by atoms with Crippen LogP contribution in [0.1, 0.15) is 34.0 Å². The van der Waals surface area contributed by atoms with Gasteiger partial charge >= 0.3 is 0 Å². The summed E-state index contributed by atoms with van der Waals surface area (Å²) < 4.78 is 27.7. The van der Waals surface area contributed by atoms with Gasteiger partial charge in [-0.15, -0.1) is 0 Å². The summed E-state index contributed by atoms with van der Waals surface area (Å²) in [7, 11) is 0. The third kappa shape index (κ3) is 7.54. The van der Waals surface area contributed by atoms with E-state index in [4.69, 9.17) is 0 Å². The number of carbonyl (C=O) groups excluding carboxylic acids is 1. The summed E-state index contributed by atoms with van der Waals surface area (Å²) in [5.74, 6) is -1.87. The third-order valence-electron chi connectivity index (χ3n) is 6.35. The maximum Gasteiger partial charge on any atom is 0.253 e. The number of rotatable bonds is 11. The molecular weight excluding hydrogens is 484 g/mol. The van der Waals surface area contributed by atoms with E-state index in [1.807, 2.05) is 42.5 Å². The Morgan fingerprint density at radius 1 is 0.868 bits per heavy atom. The number of nitrogens with zero attached hydrogens (tertiary/aromatic N) is 1. The van der Waals surface area contributed by atoms with Crippen molar-refractivity contribution in [1.82, 2.24) is 15.6 Å². The number of halogens is 2. The summed E-state index contributed by atoms with van der Waals surface area (Å²) in [4.78, 5) is 17.4. The van der Waals surface area contributed by atoms with Crippen molar-refractivity contribution in [2.24, 2.45) is 0 Å². The van der Waals surface area contributed by atoms with Crippen LogP contribution in [0, 0.1) is 11.6 Å². The van der Waals surface area contributed by atoms with E-state index in [1.165, 1.54) is 23.9 Å². The van der Waals surface area contributed by atoms with Crippen molar-refractivity contribution >= 4 is 5.91 Å². The van der Waals surface area contributed by atoms with Crippen LogP contribution in [0.5, 0.6) is 0 Å². The molecule has 3 aromatic carbocycles. The average Bonchev–Trinajstić information content (AvgIpc) is 2.92. The van der Waals surface area contributed by atoms with Gasteiger partial charge in [0.05, 0.1) is 17.7 Å². The monoisotopic (exact) mass is 515 g/mol. The van der Waals surface area contributed by atoms with Crippen LogP contribution in [-0.4, -0.2) is 34.7 Å². The summed E-state index contributed by atoms with van der Waals surface area (Å²) in [6, 6.07) is 21.8. The van der Waals surface area contributed by atoms with Crippen molar-refractivity contribution < 1.29 is 18.7 Å². The molecule has 0 saturated heterocycles. The Hall–Kier alpha value is -3.94. The lowest BCUT2D eigenvalue weighted by molar-refractivity contribution is 0.0829. The number of aliphatic hydroxyl groups is 1. The standard InChI is InChI=1S/C31H31F2N3O2/c1-2-21-7-6-8-22(11-21)17-34-20-30(37)29(14-23-12-27(32)16-28(33)13-23)36-31(38)26-15-25(18-35-19-26)24-9-4-3-5-10-24/h3-13,15-16,18-19,29-30,34,37H,2,14,17,20H2,1H3,(H,36,38)/t29-,30+/m1/s1. The molecule has 5 nitrogen and oxygen atoms in total. The number of hydrogen-bond acceptors (Lipinski definition) is 4. The Morgan fingerprint density at radius 2 is 1.61 bits per heavy atom. The molecule has 0 fully saturated rings. The highest BCUT2D eigenvalue weighted by Gasteiger charge is 2.23. The number of carbonyl (C=O) groups is 1. The highest BCUT2D eigenvalue weighted by atomic mass is 19.1. The molecule has 0 aliphatic carbocycles. The predicted octanol–water partition coefficient (Wildman–Crippen LogP) is 5.08. The van der Waals surface area contributed by atoms with Gasteiger partial charge in [-0.3, -0.25) is 9.78 Å². The number of hydrogen-bond donors (Lipinski definition) is 3. The lowest BCUT2D eigenvalue weighted by Crippen LogP contribution is -2.48. The second kappa shape index (κ2) is 13.0. The topological polar surface area (TPSA) is 74.2 Å². The van der Waals surface area contributed by atoms with Crippen molar-refractivity contribution in [2.45, 2.75) is 38.5 Å². The predicted molar refractivity (Wildman–Crippen MR) is 145 cm³/mol. The van der Waals surface area contributed by atoms with Crippen LogP contribution >= 0.6 is 0 Å². The van der Waals surface area contributed by atoms with Crippen LogP contribution in [-0.2, 0) is 19.4 Å². The van der Waals surface area contributed by atoms with E-state index in [9.17, 15) is 18.7 Å². The fourth-order valence-electron chi connectivity index (χ4n) is 4.34. The van der Waals surface area contributed by atoms with Crippen LogP contribution in [0.2, 0.25) is 0 Å². The number of pyridine rings is 1. The van der Waals surface area contributed by atoms with Crippen LogP contribution in [0.25, 0.3) is 11.1 Å². The van der Waals surface area contributed by atoms with E-state index >= 15 is 0 Å². The SMILES string of the molecule is CCc1cccc(CNC[C@H](O)[C@@H](Cc2cc(F)cc(F)c2)NC(=O)c2cncc(-c3ccccc3)c2)c1. The van der Waals surface area contributed by atoms with E-state index in [2.05, 4.69) is 34.7 Å². The van der Waals surface area contributed by atoms with Crippen LogP contribution in [0.4, 0.5) is 8.78 Å². The summed E-state index contributed by atoms with van der Waals surface area (Å²) in [6.45, 7) is 2.79. The zero-order valence-electron chi connectivity index (χ0n) is 21.2. The normalized spacial score (nSPS) is 12.6. The summed E-state index contributed by atoms with van der Waals surface area (Å²) in [5.41, 5.74) is 4.64. The molecule has 4 rings (SSSR count). The number of aliphatic hydroxyl groups excluding tert-OH is 1. The average molecular weight is 516 g/mol. The van der Waals surface area contributed by atoms with Crippen LogP contribution in [0.15, 0.2) is 91.3 Å². The Balaban J connectivity index is 1.49. The minimum absolute atomic E-state index is 0.0421. The van der Waals surface area contributed by atoms with E-state index in [-0.39, 0.29) is 13.0 Å². The molecule has 0 aliphatic rings. The van der Waals surface area contributed by atoms with Crippen molar-refractivity contribution in [3.05, 3.63) is 125 Å². The van der Waals surface area contributed by atoms with Gasteiger partial charge in [-0.1, -0.05) is 61.5 Å². The third-order valence-corrected chi connectivity index (χ3v) is 6.35. The van der Waals surface area contributed by atoms with Crippen molar-refractivity contribution in [3.63, 3.8) is 0 Å². The molecule has 1 heterocycles. The molecule has 1 amide bonds. The quantitative estimate of drug-likeness (QED) is 0.260. The first-order chi connectivity index (χ1) is 18.4. The van der Waals surface area contributed by atoms with E-state index in [1.54, 1.807) is 12.3 Å². The number of benzene rings is 3. The van der Waals surface area contributed by atoms with Crippen LogP contribution < -0.4 is 10.6 Å². The van der Waals surface area contributed by atoms with Gasteiger partial charge in [-0.25, -0.2) is 8.78 Å². The van der Waals surface area contributed by atoms with Gasteiger partial charge in [-0.05, 0) is 53.3 Å². The minimum atomic E-state index is -1.02. The number of aromatic nitrogens is 1. The second-order valence-electron chi connectivity index (χ2n) is 9.26. The fourth-order valence-corrected chi connectivity index (χ4v) is 4.34. The highest BCUT2D eigenvalue weighted by Crippen LogP contribution is 2.19. The lowest BCUT2D eigenvalue weighted by Gasteiger charge is -2.25. The molecule has 0 unspecified atom stereocenters. The van der Waals surface area contributed by atoms with Gasteiger partial charge in [0.25, 0.3) is 5.91 Å². The lowest BCUT2D eigenvalue weighted by atomic mass is 9.99. The van der Waals surface area contributed by atoms with Gasteiger partial charge in [-0.2, -0.15) is 0 Å². The molecule has 0 saturated carbocycles. The summed E-state index contributed by atoms with van der Waals surface area (Å²) >= 11 is 0. The zero-order chi connectivity index (χ0) is 26.9. The van der Waals surface area contributed by atoms with Gasteiger partial charge in [0.1, 0.15) is 11.6 Å². The molecule has 38 heavy (non-hydrogen) atoms. The first kappa shape index (κ1) is 27.1. The Labute approximate surface area is 221 Å². The van der Waals surface area contributed by atoms with Crippen molar-refractivity contribution in [2.75, 3.05) is 6.54 Å². The molecule has 1 aromatic heterocycles. The van der Waals surface area contributed by atoms with E-state index < -0.39 is 29.7 Å². The largest absolute Gasteiger partial charge is 0.390 e. The Kier molecular flexibility index (Phi) is 9.30. The number of nitrogens with one attached hydrogen (secondary N) is 2. The summed E-state index contributed by atoms with van der Waals surface area (Å²) in [5, 5.41) is 17.1. The molecule has 3 N–H and O–H groups in total. The fraction of sp³-hybridized carbons (Fsp3) is 0.226. The first-order valence-corrected chi connectivity index (χ1v) is 12.6. The molecule has 0 bridgehead atoms. The van der Waals surface area contributed by atoms with Gasteiger partial charge in [0, 0.05) is 37.1 Å². The minimum Gasteiger partial charge on any atom is -0.390 e. The van der Waals surface area contributed by atoms with Crippen LogP contribution in [0.3, 0.4) is 0 Å². The van der Waals surface area contributed by atoms with E-state index in [0.29, 0.717) is 17.7 Å². The molecule has 2 atom stereocenters. The maximum absolute atomic E-state index is 13.9. The molecule has 0 aliphatic heterocycles. The van der Waals surface area contributed by atoms with Crippen molar-refractivity contribution in [1.29, 1.82) is 0 Å². The summed E-state index contributed by atoms with van der Waals surface area (Å²) in [6.07, 6.45) is 3.07. The van der Waals surface area contributed by atoms with Gasteiger partial charge < -0.3 is 15.7 Å².